The normalized spacial score (nSPS) is 35.5. The van der Waals surface area contributed by atoms with Crippen molar-refractivity contribution in [1.82, 2.24) is 0 Å². The van der Waals surface area contributed by atoms with Gasteiger partial charge in [-0.25, -0.2) is 8.42 Å². The first-order valence-corrected chi connectivity index (χ1v) is 8.28. The highest BCUT2D eigenvalue weighted by molar-refractivity contribution is 7.94. The lowest BCUT2D eigenvalue weighted by Gasteiger charge is -2.24. The Hall–Kier alpha value is -0.0651. The van der Waals surface area contributed by atoms with Gasteiger partial charge in [0.1, 0.15) is 13.1 Å². The third-order valence-electron chi connectivity index (χ3n) is 3.59. The zero-order valence-electron chi connectivity index (χ0n) is 12.2. The van der Waals surface area contributed by atoms with E-state index in [0.717, 1.165) is 0 Å². The monoisotopic (exact) mass is 276 g/mol. The van der Waals surface area contributed by atoms with Gasteiger partial charge in [0.05, 0.1) is 24.9 Å². The minimum absolute atomic E-state index is 0.0122. The number of sulfone groups is 1. The SMILES string of the molecule is B[C@H]1[C@@H](C)C(OC(C)C)[C@@H](COC(C)C)S1(=O)=O. The molecule has 4 nitrogen and oxygen atoms in total. The van der Waals surface area contributed by atoms with E-state index >= 15 is 0 Å². The Morgan fingerprint density at radius 1 is 1.17 bits per heavy atom. The van der Waals surface area contributed by atoms with Gasteiger partial charge in [0.25, 0.3) is 0 Å². The van der Waals surface area contributed by atoms with E-state index in [1.807, 2.05) is 34.6 Å². The molecule has 1 aliphatic rings. The summed E-state index contributed by atoms with van der Waals surface area (Å²) in [7, 11) is -1.39. The van der Waals surface area contributed by atoms with Gasteiger partial charge in [0.2, 0.25) is 0 Å². The highest BCUT2D eigenvalue weighted by Crippen LogP contribution is 2.34. The molecular formula is C12H25BO4S. The molecule has 0 N–H and O–H groups in total. The van der Waals surface area contributed by atoms with E-state index < -0.39 is 15.1 Å². The predicted octanol–water partition coefficient (Wildman–Crippen LogP) is 0.597. The largest absolute Gasteiger partial charge is 0.377 e. The Morgan fingerprint density at radius 3 is 2.17 bits per heavy atom. The van der Waals surface area contributed by atoms with Gasteiger partial charge in [-0.15, -0.1) is 0 Å². The van der Waals surface area contributed by atoms with Gasteiger partial charge in [-0.3, -0.25) is 0 Å². The second-order valence-electron chi connectivity index (χ2n) is 5.72. The highest BCUT2D eigenvalue weighted by atomic mass is 32.2. The van der Waals surface area contributed by atoms with Crippen LogP contribution in [0.15, 0.2) is 0 Å². The van der Waals surface area contributed by atoms with Crippen LogP contribution in [0.2, 0.25) is 0 Å². The van der Waals surface area contributed by atoms with Crippen molar-refractivity contribution in [2.75, 3.05) is 6.61 Å². The van der Waals surface area contributed by atoms with Crippen LogP contribution in [0, 0.1) is 5.92 Å². The fourth-order valence-electron chi connectivity index (χ4n) is 2.37. The molecule has 0 bridgehead atoms. The lowest BCUT2D eigenvalue weighted by molar-refractivity contribution is -0.0331. The molecule has 0 amide bonds. The smallest absolute Gasteiger partial charge is 0.153 e. The van der Waals surface area contributed by atoms with Gasteiger partial charge >= 0.3 is 0 Å². The maximum Gasteiger partial charge on any atom is 0.153 e. The summed E-state index contributed by atoms with van der Waals surface area (Å²) >= 11 is 0. The van der Waals surface area contributed by atoms with E-state index in [0.29, 0.717) is 0 Å². The van der Waals surface area contributed by atoms with Gasteiger partial charge in [-0.2, -0.15) is 0 Å². The van der Waals surface area contributed by atoms with Crippen LogP contribution in [-0.4, -0.2) is 51.6 Å². The van der Waals surface area contributed by atoms with E-state index in [1.165, 1.54) is 0 Å². The zero-order valence-corrected chi connectivity index (χ0v) is 13.0. The molecule has 0 aromatic carbocycles. The van der Waals surface area contributed by atoms with E-state index in [4.69, 9.17) is 9.47 Å². The standard InChI is InChI=1S/C12H25BO4S/c1-7(2)16-6-10-11(17-8(3)4)9(5)12(13)18(10,14)15/h7-12H,6,13H2,1-5H3/t9-,10+,11?,12+/m0/s1. The zero-order chi connectivity index (χ0) is 14.1. The van der Waals surface area contributed by atoms with Crippen LogP contribution < -0.4 is 0 Å². The molecule has 0 radical (unpaired) electrons. The summed E-state index contributed by atoms with van der Waals surface area (Å²) in [6.45, 7) is 9.86. The van der Waals surface area contributed by atoms with Crippen LogP contribution in [-0.2, 0) is 19.3 Å². The number of hydrogen-bond donors (Lipinski definition) is 0. The van der Waals surface area contributed by atoms with Crippen molar-refractivity contribution < 1.29 is 17.9 Å². The molecule has 1 saturated heterocycles. The molecule has 0 aliphatic carbocycles. The molecule has 0 aromatic heterocycles. The number of ether oxygens (including phenoxy) is 2. The summed E-state index contributed by atoms with van der Waals surface area (Å²) in [6, 6.07) is 0. The van der Waals surface area contributed by atoms with Crippen LogP contribution in [0.3, 0.4) is 0 Å². The van der Waals surface area contributed by atoms with Gasteiger partial charge in [-0.1, -0.05) is 6.92 Å². The topological polar surface area (TPSA) is 52.6 Å². The Morgan fingerprint density at radius 2 is 1.72 bits per heavy atom. The molecular weight excluding hydrogens is 251 g/mol. The molecule has 0 saturated carbocycles. The van der Waals surface area contributed by atoms with Gasteiger partial charge in [-0.05, 0) is 33.6 Å². The molecule has 106 valence electrons. The average molecular weight is 276 g/mol. The molecule has 18 heavy (non-hydrogen) atoms. The van der Waals surface area contributed by atoms with Crippen LogP contribution in [0.5, 0.6) is 0 Å². The highest BCUT2D eigenvalue weighted by Gasteiger charge is 2.51. The lowest BCUT2D eigenvalue weighted by Crippen LogP contribution is -2.37. The molecule has 6 heteroatoms. The van der Waals surface area contributed by atoms with E-state index in [-0.39, 0.29) is 36.0 Å². The predicted molar refractivity (Wildman–Crippen MR) is 75.3 cm³/mol. The molecule has 4 atom stereocenters. The summed E-state index contributed by atoms with van der Waals surface area (Å²) in [5, 5.41) is -0.894. The Labute approximate surface area is 112 Å². The molecule has 1 rings (SSSR count). The Balaban J connectivity index is 2.91. The van der Waals surface area contributed by atoms with Crippen molar-refractivity contribution >= 4 is 17.7 Å². The fraction of sp³-hybridized carbons (Fsp3) is 1.00. The average Bonchev–Trinajstić information content (AvgIpc) is 2.37. The number of hydrogen-bond acceptors (Lipinski definition) is 4. The van der Waals surface area contributed by atoms with Crippen LogP contribution in [0.4, 0.5) is 0 Å². The van der Waals surface area contributed by atoms with Gasteiger partial charge < -0.3 is 9.47 Å². The molecule has 1 heterocycles. The first-order valence-electron chi connectivity index (χ1n) is 6.67. The molecule has 0 spiro atoms. The Kier molecular flexibility index (Phi) is 5.27. The van der Waals surface area contributed by atoms with E-state index in [1.54, 1.807) is 7.85 Å². The summed E-state index contributed by atoms with van der Waals surface area (Å²) in [6.07, 6.45) is -0.200. The molecule has 0 aromatic rings. The second-order valence-corrected chi connectivity index (χ2v) is 8.25. The van der Waals surface area contributed by atoms with E-state index in [9.17, 15) is 8.42 Å². The van der Waals surface area contributed by atoms with Gasteiger partial charge in [0.15, 0.2) is 9.84 Å². The van der Waals surface area contributed by atoms with Gasteiger partial charge in [0, 0.05) is 5.15 Å². The van der Waals surface area contributed by atoms with Crippen molar-refractivity contribution in [3.05, 3.63) is 0 Å². The quantitative estimate of drug-likeness (QED) is 0.690. The first-order chi connectivity index (χ1) is 8.17. The van der Waals surface area contributed by atoms with Crippen molar-refractivity contribution in [2.24, 2.45) is 5.92 Å². The summed E-state index contributed by atoms with van der Waals surface area (Å²) in [5.74, 6) is 0.0122. The summed E-state index contributed by atoms with van der Waals surface area (Å²) in [5.41, 5.74) is 0. The maximum absolute atomic E-state index is 12.3. The molecule has 1 unspecified atom stereocenters. The van der Waals surface area contributed by atoms with E-state index in [2.05, 4.69) is 0 Å². The minimum atomic E-state index is -3.16. The van der Waals surface area contributed by atoms with Crippen molar-refractivity contribution in [3.8, 4) is 0 Å². The number of rotatable bonds is 5. The molecule has 1 fully saturated rings. The first kappa shape index (κ1) is 16.0. The third kappa shape index (κ3) is 3.28. The molecule has 1 aliphatic heterocycles. The van der Waals surface area contributed by atoms with Crippen LogP contribution >= 0.6 is 0 Å². The van der Waals surface area contributed by atoms with Crippen LogP contribution in [0.1, 0.15) is 34.6 Å². The Bertz CT molecular complexity index is 366. The fourth-order valence-corrected chi connectivity index (χ4v) is 4.63. The van der Waals surface area contributed by atoms with Crippen molar-refractivity contribution in [2.45, 2.75) is 63.3 Å². The lowest BCUT2D eigenvalue weighted by atomic mass is 9.87. The summed E-state index contributed by atoms with van der Waals surface area (Å²) in [4.78, 5) is 0. The van der Waals surface area contributed by atoms with Crippen molar-refractivity contribution in [1.29, 1.82) is 0 Å². The van der Waals surface area contributed by atoms with Crippen LogP contribution in [0.25, 0.3) is 0 Å². The maximum atomic E-state index is 12.3. The summed E-state index contributed by atoms with van der Waals surface area (Å²) < 4.78 is 36.0. The minimum Gasteiger partial charge on any atom is -0.377 e. The third-order valence-corrected chi connectivity index (χ3v) is 6.30. The second kappa shape index (κ2) is 5.93. The van der Waals surface area contributed by atoms with Crippen molar-refractivity contribution in [3.63, 3.8) is 0 Å².